The topological polar surface area (TPSA) is 55.1 Å². The quantitative estimate of drug-likeness (QED) is 0.790. The largest absolute Gasteiger partial charge is 0.389 e. The minimum atomic E-state index is -0.675. The summed E-state index contributed by atoms with van der Waals surface area (Å²) in [5, 5.41) is 10.6. The van der Waals surface area contributed by atoms with Gasteiger partial charge in [-0.3, -0.25) is 9.36 Å². The van der Waals surface area contributed by atoms with Crippen molar-refractivity contribution in [3.8, 4) is 11.4 Å². The molecule has 0 fully saturated rings. The van der Waals surface area contributed by atoms with Crippen LogP contribution < -0.4 is 5.56 Å². The van der Waals surface area contributed by atoms with Crippen molar-refractivity contribution in [1.29, 1.82) is 0 Å². The first-order valence-corrected chi connectivity index (χ1v) is 7.24. The summed E-state index contributed by atoms with van der Waals surface area (Å²) in [5.74, 6) is 0.601. The van der Waals surface area contributed by atoms with Crippen LogP contribution in [-0.4, -0.2) is 14.7 Å². The average molecular weight is 294 g/mol. The van der Waals surface area contributed by atoms with Crippen LogP contribution in [0.3, 0.4) is 0 Å². The third kappa shape index (κ3) is 2.31. The normalized spacial score (nSPS) is 12.5. The summed E-state index contributed by atoms with van der Waals surface area (Å²) < 4.78 is 1.56. The molecule has 0 amide bonds. The molecule has 1 aromatic heterocycles. The zero-order valence-electron chi connectivity index (χ0n) is 12.9. The maximum Gasteiger partial charge on any atom is 0.261 e. The zero-order chi connectivity index (χ0) is 15.9. The van der Waals surface area contributed by atoms with E-state index in [0.717, 1.165) is 11.1 Å². The van der Waals surface area contributed by atoms with E-state index in [9.17, 15) is 9.90 Å². The number of aliphatic hydroxyl groups is 1. The molecule has 3 rings (SSSR count). The lowest BCUT2D eigenvalue weighted by Gasteiger charge is -2.14. The van der Waals surface area contributed by atoms with Gasteiger partial charge in [0.25, 0.3) is 5.56 Å². The van der Waals surface area contributed by atoms with Gasteiger partial charge in [-0.2, -0.15) is 0 Å². The monoisotopic (exact) mass is 294 g/mol. The Kier molecular flexibility index (Phi) is 3.54. The first-order chi connectivity index (χ1) is 10.5. The van der Waals surface area contributed by atoms with Crippen molar-refractivity contribution in [2.45, 2.75) is 20.0 Å². The lowest BCUT2D eigenvalue weighted by molar-refractivity contribution is 0.200. The smallest absolute Gasteiger partial charge is 0.261 e. The third-order valence-electron chi connectivity index (χ3n) is 3.84. The Labute approximate surface area is 128 Å². The second kappa shape index (κ2) is 5.39. The van der Waals surface area contributed by atoms with Gasteiger partial charge in [0.1, 0.15) is 5.82 Å². The Balaban J connectivity index is 2.43. The Hall–Kier alpha value is -2.46. The number of hydrogen-bond donors (Lipinski definition) is 1. The van der Waals surface area contributed by atoms with Crippen molar-refractivity contribution in [1.82, 2.24) is 9.55 Å². The minimum absolute atomic E-state index is 0.102. The molecule has 4 heteroatoms. The van der Waals surface area contributed by atoms with E-state index in [1.54, 1.807) is 18.5 Å². The second-order valence-corrected chi connectivity index (χ2v) is 5.59. The van der Waals surface area contributed by atoms with Crippen LogP contribution in [0.2, 0.25) is 0 Å². The maximum atomic E-state index is 12.7. The molecule has 22 heavy (non-hydrogen) atoms. The van der Waals surface area contributed by atoms with Crippen LogP contribution in [0.15, 0.2) is 47.3 Å². The maximum absolute atomic E-state index is 12.7. The molecule has 1 heterocycles. The number of benzene rings is 2. The van der Waals surface area contributed by atoms with Crippen LogP contribution in [0.4, 0.5) is 0 Å². The summed E-state index contributed by atoms with van der Waals surface area (Å²) >= 11 is 0. The van der Waals surface area contributed by atoms with Crippen molar-refractivity contribution in [3.05, 3.63) is 63.9 Å². The molecule has 112 valence electrons. The highest BCUT2D eigenvalue weighted by molar-refractivity contribution is 5.84. The molecular formula is C18H18N2O2. The van der Waals surface area contributed by atoms with Gasteiger partial charge >= 0.3 is 0 Å². The van der Waals surface area contributed by atoms with E-state index in [4.69, 9.17) is 0 Å². The van der Waals surface area contributed by atoms with Crippen LogP contribution in [0.1, 0.15) is 24.2 Å². The standard InChI is InChI=1S/C18H18N2O2/c1-11-9-14(12(2)21)16-15(10-11)18(22)20(3)17(19-16)13-7-5-4-6-8-13/h4-10,12,21H,1-3H3. The first-order valence-electron chi connectivity index (χ1n) is 7.24. The summed E-state index contributed by atoms with van der Waals surface area (Å²) in [6.45, 7) is 3.60. The van der Waals surface area contributed by atoms with Gasteiger partial charge in [-0.25, -0.2) is 4.98 Å². The highest BCUT2D eigenvalue weighted by Crippen LogP contribution is 2.25. The summed E-state index contributed by atoms with van der Waals surface area (Å²) in [4.78, 5) is 17.4. The molecule has 0 radical (unpaired) electrons. The number of hydrogen-bond acceptors (Lipinski definition) is 3. The van der Waals surface area contributed by atoms with Crippen LogP contribution >= 0.6 is 0 Å². The number of rotatable bonds is 2. The van der Waals surface area contributed by atoms with Gasteiger partial charge in [0.2, 0.25) is 0 Å². The summed E-state index contributed by atoms with van der Waals surface area (Å²) in [6, 6.07) is 13.3. The van der Waals surface area contributed by atoms with Gasteiger partial charge < -0.3 is 5.11 Å². The molecule has 0 aliphatic heterocycles. The zero-order valence-corrected chi connectivity index (χ0v) is 12.9. The van der Waals surface area contributed by atoms with Crippen molar-refractivity contribution >= 4 is 10.9 Å². The van der Waals surface area contributed by atoms with Crippen molar-refractivity contribution in [3.63, 3.8) is 0 Å². The van der Waals surface area contributed by atoms with Gasteiger partial charge in [0, 0.05) is 18.2 Å². The number of aryl methyl sites for hydroxylation is 1. The molecule has 3 aromatic rings. The predicted molar refractivity (Wildman–Crippen MR) is 87.8 cm³/mol. The fraction of sp³-hybridized carbons (Fsp3) is 0.222. The summed E-state index contributed by atoms with van der Waals surface area (Å²) in [6.07, 6.45) is -0.675. The van der Waals surface area contributed by atoms with E-state index in [1.165, 1.54) is 0 Å². The molecule has 1 unspecified atom stereocenters. The van der Waals surface area contributed by atoms with Gasteiger partial charge in [-0.15, -0.1) is 0 Å². The lowest BCUT2D eigenvalue weighted by atomic mass is 10.0. The Morgan fingerprint density at radius 1 is 1.18 bits per heavy atom. The SMILES string of the molecule is Cc1cc(C(C)O)c2nc(-c3ccccc3)n(C)c(=O)c2c1. The van der Waals surface area contributed by atoms with E-state index >= 15 is 0 Å². The van der Waals surface area contributed by atoms with Crippen molar-refractivity contribution < 1.29 is 5.11 Å². The summed E-state index contributed by atoms with van der Waals surface area (Å²) in [7, 11) is 1.72. The third-order valence-corrected chi connectivity index (χ3v) is 3.84. The summed E-state index contributed by atoms with van der Waals surface area (Å²) in [5.41, 5.74) is 2.97. The molecule has 2 aromatic carbocycles. The van der Waals surface area contributed by atoms with E-state index in [2.05, 4.69) is 4.98 Å². The number of aliphatic hydroxyl groups excluding tert-OH is 1. The Bertz CT molecular complexity index is 896. The predicted octanol–water partition coefficient (Wildman–Crippen LogP) is 2.96. The molecular weight excluding hydrogens is 276 g/mol. The highest BCUT2D eigenvalue weighted by atomic mass is 16.3. The molecule has 0 saturated heterocycles. The van der Waals surface area contributed by atoms with Gasteiger partial charge in [-0.1, -0.05) is 36.4 Å². The number of aromatic nitrogens is 2. The fourth-order valence-electron chi connectivity index (χ4n) is 2.72. The minimum Gasteiger partial charge on any atom is -0.389 e. The van der Waals surface area contributed by atoms with Crippen LogP contribution in [0.5, 0.6) is 0 Å². The van der Waals surface area contributed by atoms with E-state index in [-0.39, 0.29) is 5.56 Å². The van der Waals surface area contributed by atoms with E-state index < -0.39 is 6.10 Å². The van der Waals surface area contributed by atoms with Crippen LogP contribution in [-0.2, 0) is 7.05 Å². The van der Waals surface area contributed by atoms with Gasteiger partial charge in [-0.05, 0) is 25.5 Å². The average Bonchev–Trinajstić information content (AvgIpc) is 2.51. The second-order valence-electron chi connectivity index (χ2n) is 5.59. The van der Waals surface area contributed by atoms with Gasteiger partial charge in [0.15, 0.2) is 0 Å². The molecule has 0 bridgehead atoms. The lowest BCUT2D eigenvalue weighted by Crippen LogP contribution is -2.21. The van der Waals surface area contributed by atoms with Gasteiger partial charge in [0.05, 0.1) is 17.0 Å². The molecule has 0 saturated carbocycles. The molecule has 4 nitrogen and oxygen atoms in total. The van der Waals surface area contributed by atoms with Crippen molar-refractivity contribution in [2.24, 2.45) is 7.05 Å². The molecule has 1 atom stereocenters. The van der Waals surface area contributed by atoms with Crippen molar-refractivity contribution in [2.75, 3.05) is 0 Å². The van der Waals surface area contributed by atoms with Crippen LogP contribution in [0, 0.1) is 6.92 Å². The van der Waals surface area contributed by atoms with Crippen LogP contribution in [0.25, 0.3) is 22.3 Å². The Morgan fingerprint density at radius 2 is 1.86 bits per heavy atom. The molecule has 1 N–H and O–H groups in total. The molecule has 0 spiro atoms. The molecule has 0 aliphatic rings. The van der Waals surface area contributed by atoms with E-state index in [0.29, 0.717) is 22.3 Å². The van der Waals surface area contributed by atoms with E-state index in [1.807, 2.05) is 49.4 Å². The fourth-order valence-corrected chi connectivity index (χ4v) is 2.72. The first kappa shape index (κ1) is 14.5. The number of fused-ring (bicyclic) bond motifs is 1. The molecule has 0 aliphatic carbocycles. The number of nitrogens with zero attached hydrogens (tertiary/aromatic N) is 2. The Morgan fingerprint density at radius 3 is 2.50 bits per heavy atom. The highest BCUT2D eigenvalue weighted by Gasteiger charge is 2.15.